The molecule has 0 radical (unpaired) electrons. The topological polar surface area (TPSA) is 17.1 Å². The molecule has 1 nitrogen and oxygen atoms in total. The maximum Gasteiger partial charge on any atom is 0.156 e. The SMILES string of the molecule is CC1=CC[C@]2(CC1)C(C)=CC(=O)CC2(C)C. The first-order chi connectivity index (χ1) is 7.37. The molecule has 0 amide bonds. The summed E-state index contributed by atoms with van der Waals surface area (Å²) < 4.78 is 0. The van der Waals surface area contributed by atoms with Crippen LogP contribution in [0.15, 0.2) is 23.3 Å². The Hall–Kier alpha value is -0.850. The quantitative estimate of drug-likeness (QED) is 0.561. The zero-order valence-electron chi connectivity index (χ0n) is 10.9. The summed E-state index contributed by atoms with van der Waals surface area (Å²) in [5.74, 6) is 0.305. The van der Waals surface area contributed by atoms with Crippen molar-refractivity contribution in [3.05, 3.63) is 23.3 Å². The van der Waals surface area contributed by atoms with E-state index >= 15 is 0 Å². The van der Waals surface area contributed by atoms with E-state index in [4.69, 9.17) is 0 Å². The number of hydrogen-bond acceptors (Lipinski definition) is 1. The predicted molar refractivity (Wildman–Crippen MR) is 67.2 cm³/mol. The lowest BCUT2D eigenvalue weighted by Gasteiger charge is -2.51. The van der Waals surface area contributed by atoms with Crippen molar-refractivity contribution in [1.82, 2.24) is 0 Å². The van der Waals surface area contributed by atoms with Gasteiger partial charge in [0, 0.05) is 11.8 Å². The van der Waals surface area contributed by atoms with Gasteiger partial charge in [0.25, 0.3) is 0 Å². The molecular weight excluding hydrogens is 196 g/mol. The van der Waals surface area contributed by atoms with Gasteiger partial charge in [-0.1, -0.05) is 31.1 Å². The van der Waals surface area contributed by atoms with Gasteiger partial charge in [0.2, 0.25) is 0 Å². The fraction of sp³-hybridized carbons (Fsp3) is 0.667. The van der Waals surface area contributed by atoms with E-state index in [1.54, 1.807) is 0 Å². The van der Waals surface area contributed by atoms with Crippen LogP contribution in [-0.2, 0) is 4.79 Å². The number of rotatable bonds is 0. The molecule has 88 valence electrons. The smallest absolute Gasteiger partial charge is 0.156 e. The molecular formula is C15H22O. The first kappa shape index (κ1) is 11.6. The Morgan fingerprint density at radius 1 is 1.25 bits per heavy atom. The molecule has 16 heavy (non-hydrogen) atoms. The summed E-state index contributed by atoms with van der Waals surface area (Å²) in [5, 5.41) is 0. The lowest BCUT2D eigenvalue weighted by molar-refractivity contribution is -0.119. The third-order valence-electron chi connectivity index (χ3n) is 4.79. The van der Waals surface area contributed by atoms with Gasteiger partial charge in [0.1, 0.15) is 0 Å². The minimum Gasteiger partial charge on any atom is -0.295 e. The second-order valence-electron chi connectivity index (χ2n) is 6.19. The Labute approximate surface area is 98.6 Å². The highest BCUT2D eigenvalue weighted by Crippen LogP contribution is 2.57. The summed E-state index contributed by atoms with van der Waals surface area (Å²) >= 11 is 0. The molecule has 2 aliphatic rings. The summed E-state index contributed by atoms with van der Waals surface area (Å²) in [5.41, 5.74) is 3.16. The van der Waals surface area contributed by atoms with E-state index < -0.39 is 0 Å². The number of allylic oxidation sites excluding steroid dienone is 4. The Morgan fingerprint density at radius 2 is 1.94 bits per heavy atom. The average Bonchev–Trinajstić information content (AvgIpc) is 2.15. The molecule has 1 atom stereocenters. The normalized spacial score (nSPS) is 33.6. The number of carbonyl (C=O) groups excluding carboxylic acids is 1. The van der Waals surface area contributed by atoms with Crippen LogP contribution in [0.3, 0.4) is 0 Å². The van der Waals surface area contributed by atoms with Crippen LogP contribution in [0, 0.1) is 10.8 Å². The van der Waals surface area contributed by atoms with E-state index in [1.165, 1.54) is 24.0 Å². The van der Waals surface area contributed by atoms with Gasteiger partial charge in [-0.2, -0.15) is 0 Å². The van der Waals surface area contributed by atoms with Crippen molar-refractivity contribution in [2.24, 2.45) is 10.8 Å². The maximum atomic E-state index is 11.7. The van der Waals surface area contributed by atoms with Crippen molar-refractivity contribution in [3.63, 3.8) is 0 Å². The molecule has 0 aromatic carbocycles. The Bertz CT molecular complexity index is 384. The van der Waals surface area contributed by atoms with Gasteiger partial charge in [-0.15, -0.1) is 0 Å². The fourth-order valence-corrected chi connectivity index (χ4v) is 3.51. The predicted octanol–water partition coefficient (Wildman–Crippen LogP) is 4.05. The minimum absolute atomic E-state index is 0.111. The van der Waals surface area contributed by atoms with Crippen molar-refractivity contribution in [2.45, 2.75) is 53.4 Å². The first-order valence-corrected chi connectivity index (χ1v) is 6.25. The molecule has 0 bridgehead atoms. The van der Waals surface area contributed by atoms with Crippen LogP contribution < -0.4 is 0 Å². The fourth-order valence-electron chi connectivity index (χ4n) is 3.51. The van der Waals surface area contributed by atoms with E-state index in [-0.39, 0.29) is 10.8 Å². The number of carbonyl (C=O) groups is 1. The minimum atomic E-state index is 0.111. The van der Waals surface area contributed by atoms with Gasteiger partial charge in [0.15, 0.2) is 5.78 Å². The summed E-state index contributed by atoms with van der Waals surface area (Å²) in [6.07, 6.45) is 8.47. The highest BCUT2D eigenvalue weighted by Gasteiger charge is 2.49. The molecule has 2 aliphatic carbocycles. The van der Waals surface area contributed by atoms with Crippen LogP contribution in [0.2, 0.25) is 0 Å². The summed E-state index contributed by atoms with van der Waals surface area (Å²) in [6.45, 7) is 8.88. The average molecular weight is 218 g/mol. The van der Waals surface area contributed by atoms with Crippen molar-refractivity contribution in [3.8, 4) is 0 Å². The Morgan fingerprint density at radius 3 is 2.44 bits per heavy atom. The monoisotopic (exact) mass is 218 g/mol. The molecule has 2 rings (SSSR count). The zero-order valence-corrected chi connectivity index (χ0v) is 10.9. The maximum absolute atomic E-state index is 11.7. The number of ketones is 1. The van der Waals surface area contributed by atoms with Gasteiger partial charge >= 0.3 is 0 Å². The van der Waals surface area contributed by atoms with Gasteiger partial charge in [-0.3, -0.25) is 4.79 Å². The largest absolute Gasteiger partial charge is 0.295 e. The highest BCUT2D eigenvalue weighted by atomic mass is 16.1. The molecule has 0 fully saturated rings. The molecule has 0 heterocycles. The van der Waals surface area contributed by atoms with E-state index in [2.05, 4.69) is 33.8 Å². The zero-order chi connectivity index (χ0) is 12.0. The van der Waals surface area contributed by atoms with Gasteiger partial charge in [-0.05, 0) is 44.6 Å². The third kappa shape index (κ3) is 1.57. The Kier molecular flexibility index (Phi) is 2.60. The lowest BCUT2D eigenvalue weighted by atomic mass is 9.52. The van der Waals surface area contributed by atoms with Crippen molar-refractivity contribution >= 4 is 5.78 Å². The summed E-state index contributed by atoms with van der Waals surface area (Å²) in [7, 11) is 0. The molecule has 0 aromatic heterocycles. The molecule has 0 aliphatic heterocycles. The molecule has 0 saturated carbocycles. The first-order valence-electron chi connectivity index (χ1n) is 6.25. The van der Waals surface area contributed by atoms with Crippen LogP contribution in [0.25, 0.3) is 0 Å². The van der Waals surface area contributed by atoms with Crippen LogP contribution in [0.4, 0.5) is 0 Å². The van der Waals surface area contributed by atoms with E-state index in [0.717, 1.165) is 6.42 Å². The van der Waals surface area contributed by atoms with E-state index in [9.17, 15) is 4.79 Å². The highest BCUT2D eigenvalue weighted by molar-refractivity contribution is 5.92. The Balaban J connectivity index is 2.45. The van der Waals surface area contributed by atoms with Crippen molar-refractivity contribution in [2.75, 3.05) is 0 Å². The van der Waals surface area contributed by atoms with Crippen molar-refractivity contribution in [1.29, 1.82) is 0 Å². The molecule has 0 N–H and O–H groups in total. The third-order valence-corrected chi connectivity index (χ3v) is 4.79. The number of hydrogen-bond donors (Lipinski definition) is 0. The molecule has 1 heteroatoms. The van der Waals surface area contributed by atoms with Gasteiger partial charge in [-0.25, -0.2) is 0 Å². The lowest BCUT2D eigenvalue weighted by Crippen LogP contribution is -2.44. The molecule has 0 aromatic rings. The van der Waals surface area contributed by atoms with Gasteiger partial charge in [0.05, 0.1) is 0 Å². The molecule has 0 unspecified atom stereocenters. The summed E-state index contributed by atoms with van der Waals surface area (Å²) in [6, 6.07) is 0. The van der Waals surface area contributed by atoms with Crippen LogP contribution >= 0.6 is 0 Å². The van der Waals surface area contributed by atoms with Crippen LogP contribution in [-0.4, -0.2) is 5.78 Å². The standard InChI is InChI=1S/C15H22O/c1-11-5-7-15(8-6-11)12(2)9-13(16)10-14(15,3)4/h5,9H,6-8,10H2,1-4H3/t15-/m0/s1. The van der Waals surface area contributed by atoms with Crippen LogP contribution in [0.1, 0.15) is 53.4 Å². The molecule has 1 spiro atoms. The summed E-state index contributed by atoms with van der Waals surface area (Å²) in [4.78, 5) is 11.7. The second-order valence-corrected chi connectivity index (χ2v) is 6.19. The molecule has 0 saturated heterocycles. The van der Waals surface area contributed by atoms with Gasteiger partial charge < -0.3 is 0 Å². The van der Waals surface area contributed by atoms with E-state index in [1.807, 2.05) is 6.08 Å². The van der Waals surface area contributed by atoms with E-state index in [0.29, 0.717) is 12.2 Å². The second kappa shape index (κ2) is 3.58. The van der Waals surface area contributed by atoms with Crippen LogP contribution in [0.5, 0.6) is 0 Å². The van der Waals surface area contributed by atoms with Crippen molar-refractivity contribution < 1.29 is 4.79 Å².